The molecule has 120 valence electrons. The molecule has 1 aliphatic heterocycles. The smallest absolute Gasteiger partial charge is 0.265 e. The van der Waals surface area contributed by atoms with Gasteiger partial charge < -0.3 is 0 Å². The molecule has 2 saturated carbocycles. The van der Waals surface area contributed by atoms with Crippen molar-refractivity contribution in [3.05, 3.63) is 34.9 Å². The fourth-order valence-corrected chi connectivity index (χ4v) is 5.56. The van der Waals surface area contributed by atoms with Crippen LogP contribution in [0.1, 0.15) is 43.5 Å². The number of rotatable bonds is 2. The molecule has 1 heterocycles. The van der Waals surface area contributed by atoms with E-state index in [1.165, 1.54) is 6.42 Å². The summed E-state index contributed by atoms with van der Waals surface area (Å²) in [4.78, 5) is 12.6. The van der Waals surface area contributed by atoms with Crippen molar-refractivity contribution in [1.82, 2.24) is 10.4 Å². The molecule has 0 unspecified atom stereocenters. The van der Waals surface area contributed by atoms with E-state index in [2.05, 4.69) is 25.3 Å². The minimum absolute atomic E-state index is 0.0489. The number of amides is 1. The number of benzene rings is 1. The van der Waals surface area contributed by atoms with Crippen molar-refractivity contribution in [2.75, 3.05) is 6.54 Å². The lowest BCUT2D eigenvalue weighted by Crippen LogP contribution is -2.59. The van der Waals surface area contributed by atoms with E-state index in [1.807, 2.05) is 5.01 Å². The molecular weight excluding hydrogens is 310 g/mol. The Morgan fingerprint density at radius 1 is 1.39 bits per heavy atom. The van der Waals surface area contributed by atoms with Crippen LogP contribution in [0.4, 0.5) is 0 Å². The summed E-state index contributed by atoms with van der Waals surface area (Å²) in [6.07, 6.45) is 3.13. The van der Waals surface area contributed by atoms with Crippen LogP contribution >= 0.6 is 11.6 Å². The molecule has 2 aliphatic carbocycles. The zero-order valence-corrected chi connectivity index (χ0v) is 14.2. The number of nitrogens with zero attached hydrogens (tertiary/aromatic N) is 2. The molecule has 1 aromatic rings. The molecule has 4 nitrogen and oxygen atoms in total. The predicted octanol–water partition coefficient (Wildman–Crippen LogP) is 3.39. The molecule has 0 aromatic heterocycles. The maximum atomic E-state index is 12.6. The molecule has 4 bridgehead atoms. The number of carbonyl (C=O) groups excluding carboxylic acids is 1. The number of nitriles is 1. The van der Waals surface area contributed by atoms with E-state index in [4.69, 9.17) is 11.6 Å². The van der Waals surface area contributed by atoms with Crippen molar-refractivity contribution in [2.24, 2.45) is 16.7 Å². The van der Waals surface area contributed by atoms with E-state index >= 15 is 0 Å². The van der Waals surface area contributed by atoms with E-state index in [-0.39, 0.29) is 16.7 Å². The summed E-state index contributed by atoms with van der Waals surface area (Å²) in [5.74, 6) is 0.419. The lowest BCUT2D eigenvalue weighted by atomic mass is 9.66. The third-order valence-corrected chi connectivity index (χ3v) is 7.34. The first kappa shape index (κ1) is 15.0. The van der Waals surface area contributed by atoms with E-state index < -0.39 is 5.54 Å². The average molecular weight is 330 g/mol. The van der Waals surface area contributed by atoms with Gasteiger partial charge in [0.1, 0.15) is 5.54 Å². The molecule has 1 amide bonds. The predicted molar refractivity (Wildman–Crippen MR) is 87.5 cm³/mol. The summed E-state index contributed by atoms with van der Waals surface area (Å²) in [6, 6.07) is 9.40. The highest BCUT2D eigenvalue weighted by Gasteiger charge is 2.78. The molecule has 4 rings (SSSR count). The number of nitrogens with one attached hydrogen (secondary N) is 1. The van der Waals surface area contributed by atoms with Crippen molar-refractivity contribution in [3.8, 4) is 6.07 Å². The Hall–Kier alpha value is -1.57. The second kappa shape index (κ2) is 4.49. The highest BCUT2D eigenvalue weighted by molar-refractivity contribution is 6.30. The molecule has 23 heavy (non-hydrogen) atoms. The van der Waals surface area contributed by atoms with Crippen molar-refractivity contribution < 1.29 is 4.79 Å². The molecule has 0 radical (unpaired) electrons. The first-order valence-corrected chi connectivity index (χ1v) is 8.50. The van der Waals surface area contributed by atoms with Crippen molar-refractivity contribution >= 4 is 17.5 Å². The van der Waals surface area contributed by atoms with Gasteiger partial charge in [-0.3, -0.25) is 10.2 Å². The summed E-state index contributed by atoms with van der Waals surface area (Å²) in [7, 11) is 0. The molecular formula is C18H20ClN3O. The quantitative estimate of drug-likeness (QED) is 0.904. The average Bonchev–Trinajstić information content (AvgIpc) is 2.96. The van der Waals surface area contributed by atoms with Gasteiger partial charge in [0.05, 0.1) is 6.07 Å². The topological polar surface area (TPSA) is 56.1 Å². The Morgan fingerprint density at radius 3 is 2.70 bits per heavy atom. The van der Waals surface area contributed by atoms with Crippen LogP contribution in [-0.4, -0.2) is 23.0 Å². The summed E-state index contributed by atoms with van der Waals surface area (Å²) in [6.45, 7) is 5.27. The molecule has 1 saturated heterocycles. The molecule has 1 aromatic carbocycles. The number of hydrogen-bond acceptors (Lipinski definition) is 3. The summed E-state index contributed by atoms with van der Waals surface area (Å²) in [5, 5.41) is 12.5. The van der Waals surface area contributed by atoms with Gasteiger partial charge in [0, 0.05) is 22.5 Å². The normalized spacial score (nSPS) is 41.0. The monoisotopic (exact) mass is 329 g/mol. The van der Waals surface area contributed by atoms with Crippen LogP contribution < -0.4 is 5.43 Å². The largest absolute Gasteiger partial charge is 0.283 e. The van der Waals surface area contributed by atoms with Gasteiger partial charge in [-0.2, -0.15) is 10.3 Å². The fourth-order valence-electron chi connectivity index (χ4n) is 5.43. The Kier molecular flexibility index (Phi) is 2.93. The first-order valence-electron chi connectivity index (χ1n) is 8.12. The highest BCUT2D eigenvalue weighted by Crippen LogP contribution is 2.75. The SMILES string of the molecule is C[C@@]12CC[C@H]3C[C@@]1(C#N)N(NC(=O)c1ccc(Cl)cc1)C[C@]32C. The van der Waals surface area contributed by atoms with Crippen LogP contribution in [0.5, 0.6) is 0 Å². The number of carbonyl (C=O) groups is 1. The first-order chi connectivity index (χ1) is 10.9. The van der Waals surface area contributed by atoms with Gasteiger partial charge in [0.2, 0.25) is 0 Å². The molecule has 3 aliphatic rings. The zero-order chi connectivity index (χ0) is 16.5. The van der Waals surface area contributed by atoms with E-state index in [1.54, 1.807) is 24.3 Å². The zero-order valence-electron chi connectivity index (χ0n) is 13.4. The van der Waals surface area contributed by atoms with Crippen molar-refractivity contribution in [3.63, 3.8) is 0 Å². The second-order valence-electron chi connectivity index (χ2n) is 7.70. The van der Waals surface area contributed by atoms with Gasteiger partial charge in [0.25, 0.3) is 5.91 Å². The third kappa shape index (κ3) is 1.62. The second-order valence-corrected chi connectivity index (χ2v) is 8.13. The minimum Gasteiger partial charge on any atom is -0.283 e. The Morgan fingerprint density at radius 2 is 2.09 bits per heavy atom. The van der Waals surface area contributed by atoms with Crippen LogP contribution in [0.25, 0.3) is 0 Å². The van der Waals surface area contributed by atoms with Gasteiger partial charge >= 0.3 is 0 Å². The van der Waals surface area contributed by atoms with Gasteiger partial charge in [-0.1, -0.05) is 25.4 Å². The van der Waals surface area contributed by atoms with Gasteiger partial charge in [-0.15, -0.1) is 0 Å². The van der Waals surface area contributed by atoms with Gasteiger partial charge in [-0.25, -0.2) is 0 Å². The summed E-state index contributed by atoms with van der Waals surface area (Å²) >= 11 is 5.88. The standard InChI is InChI=1S/C18H20ClN3O/c1-16-11-22(21-15(23)12-3-5-14(19)6-4-12)18(10-20)9-13(16)7-8-17(16,18)2/h3-6,13H,7-9,11H2,1-2H3,(H,21,23)/t13-,16+,17-,18-/m0/s1. The number of piperidine rings is 1. The molecule has 4 atom stereocenters. The lowest BCUT2D eigenvalue weighted by Gasteiger charge is -2.42. The third-order valence-electron chi connectivity index (χ3n) is 7.08. The van der Waals surface area contributed by atoms with Crippen LogP contribution in [-0.2, 0) is 0 Å². The molecule has 3 fully saturated rings. The summed E-state index contributed by atoms with van der Waals surface area (Å²) in [5.41, 5.74) is 3.04. The van der Waals surface area contributed by atoms with Crippen LogP contribution in [0, 0.1) is 28.1 Å². The number of hydrazine groups is 1. The van der Waals surface area contributed by atoms with Crippen molar-refractivity contribution in [1.29, 1.82) is 5.26 Å². The number of halogens is 1. The number of hydrogen-bond donors (Lipinski definition) is 1. The fraction of sp³-hybridized carbons (Fsp3) is 0.556. The van der Waals surface area contributed by atoms with E-state index in [0.29, 0.717) is 16.5 Å². The Balaban J connectivity index is 1.63. The van der Waals surface area contributed by atoms with E-state index in [9.17, 15) is 10.1 Å². The molecule has 1 N–H and O–H groups in total. The van der Waals surface area contributed by atoms with Crippen LogP contribution in [0.3, 0.4) is 0 Å². The minimum atomic E-state index is -0.577. The highest BCUT2D eigenvalue weighted by atomic mass is 35.5. The lowest BCUT2D eigenvalue weighted by molar-refractivity contribution is 0.0240. The Labute approximate surface area is 141 Å². The van der Waals surface area contributed by atoms with Crippen LogP contribution in [0.2, 0.25) is 5.02 Å². The Bertz CT molecular complexity index is 727. The van der Waals surface area contributed by atoms with Crippen molar-refractivity contribution in [2.45, 2.75) is 38.6 Å². The maximum Gasteiger partial charge on any atom is 0.265 e. The molecule has 0 spiro atoms. The summed E-state index contributed by atoms with van der Waals surface area (Å²) < 4.78 is 0. The maximum absolute atomic E-state index is 12.6. The van der Waals surface area contributed by atoms with Gasteiger partial charge in [-0.05, 0) is 54.9 Å². The van der Waals surface area contributed by atoms with Crippen LogP contribution in [0.15, 0.2) is 24.3 Å². The molecule has 5 heteroatoms. The van der Waals surface area contributed by atoms with E-state index in [0.717, 1.165) is 19.4 Å². The van der Waals surface area contributed by atoms with Gasteiger partial charge in [0.15, 0.2) is 0 Å².